The molecule has 3 rings (SSSR count). The molecule has 0 aliphatic carbocycles. The first-order valence-electron chi connectivity index (χ1n) is 6.22. The van der Waals surface area contributed by atoms with Gasteiger partial charge in [-0.05, 0) is 13.0 Å². The van der Waals surface area contributed by atoms with Gasteiger partial charge >= 0.3 is 0 Å². The molecule has 2 aliphatic rings. The molecule has 1 aromatic rings. The van der Waals surface area contributed by atoms with Crippen LogP contribution in [0.1, 0.15) is 12.5 Å². The molecule has 3 N–H and O–H groups in total. The first kappa shape index (κ1) is 13.8. The van der Waals surface area contributed by atoms with Crippen LogP contribution in [0.3, 0.4) is 0 Å². The lowest BCUT2D eigenvalue weighted by molar-refractivity contribution is 0.442. The van der Waals surface area contributed by atoms with Crippen molar-refractivity contribution in [1.29, 1.82) is 0 Å². The molecule has 2 aliphatic heterocycles. The van der Waals surface area contributed by atoms with E-state index in [0.717, 1.165) is 0 Å². The Labute approximate surface area is 126 Å². The summed E-state index contributed by atoms with van der Waals surface area (Å²) in [6.45, 7) is 2.04. The minimum Gasteiger partial charge on any atom is -0.508 e. The molecular formula is C13H13N5O2S. The van der Waals surface area contributed by atoms with Crippen LogP contribution in [-0.4, -0.2) is 38.9 Å². The Kier molecular flexibility index (Phi) is 3.26. The van der Waals surface area contributed by atoms with Crippen LogP contribution in [-0.2, 0) is 6.54 Å². The average molecular weight is 303 g/mol. The van der Waals surface area contributed by atoms with E-state index in [1.54, 1.807) is 13.0 Å². The van der Waals surface area contributed by atoms with Gasteiger partial charge in [-0.25, -0.2) is 20.0 Å². The van der Waals surface area contributed by atoms with Crippen molar-refractivity contribution in [3.8, 4) is 11.5 Å². The van der Waals surface area contributed by atoms with E-state index in [2.05, 4.69) is 37.9 Å². The molecule has 21 heavy (non-hydrogen) atoms. The minimum absolute atomic E-state index is 0.00514. The van der Waals surface area contributed by atoms with Gasteiger partial charge in [0.25, 0.3) is 0 Å². The van der Waals surface area contributed by atoms with Crippen LogP contribution < -0.4 is 5.32 Å². The Balaban J connectivity index is 1.83. The van der Waals surface area contributed by atoms with E-state index in [9.17, 15) is 10.2 Å². The van der Waals surface area contributed by atoms with Gasteiger partial charge in [-0.3, -0.25) is 5.32 Å². The third kappa shape index (κ3) is 2.55. The summed E-state index contributed by atoms with van der Waals surface area (Å²) >= 11 is 4.55. The summed E-state index contributed by atoms with van der Waals surface area (Å²) < 4.78 is 0. The predicted octanol–water partition coefficient (Wildman–Crippen LogP) is 1.08. The lowest BCUT2D eigenvalue weighted by atomic mass is 10.1. The highest BCUT2D eigenvalue weighted by Crippen LogP contribution is 2.26. The third-order valence-corrected chi connectivity index (χ3v) is 3.56. The standard InChI is InChI=1S/C13H13N5O2S/c1-7-17-12-11(14-6-15-12)13(21,18-7)16-5-8-2-3-9(19)4-10(8)20/h2-4,6,16,19-21H,5H2,1H3. The first-order chi connectivity index (χ1) is 9.98. The van der Waals surface area contributed by atoms with Gasteiger partial charge in [-0.1, -0.05) is 6.07 Å². The zero-order chi connectivity index (χ0) is 15.0. The van der Waals surface area contributed by atoms with Gasteiger partial charge < -0.3 is 10.2 Å². The molecule has 0 radical (unpaired) electrons. The van der Waals surface area contributed by atoms with Gasteiger partial charge in [0.05, 0.1) is 0 Å². The predicted molar refractivity (Wildman–Crippen MR) is 84.8 cm³/mol. The summed E-state index contributed by atoms with van der Waals surface area (Å²) in [5.41, 5.74) is 1.13. The van der Waals surface area contributed by atoms with Crippen LogP contribution >= 0.6 is 12.6 Å². The van der Waals surface area contributed by atoms with Gasteiger partial charge in [-0.2, -0.15) is 0 Å². The summed E-state index contributed by atoms with van der Waals surface area (Å²) in [6.07, 6.45) is 1.41. The maximum atomic E-state index is 9.80. The van der Waals surface area contributed by atoms with Crippen LogP contribution in [0, 0.1) is 0 Å². The van der Waals surface area contributed by atoms with Crippen molar-refractivity contribution in [1.82, 2.24) is 5.32 Å². The number of hydrogen-bond donors (Lipinski definition) is 4. The zero-order valence-corrected chi connectivity index (χ0v) is 12.0. The summed E-state index contributed by atoms with van der Waals surface area (Å²) in [5, 5.41) is 22.2. The van der Waals surface area contributed by atoms with E-state index in [-0.39, 0.29) is 11.5 Å². The molecule has 1 aromatic carbocycles. The molecule has 2 heterocycles. The second kappa shape index (κ2) is 4.97. The number of aliphatic imine (C=N–C) groups is 4. The van der Waals surface area contributed by atoms with E-state index >= 15 is 0 Å². The number of amidine groups is 2. The highest BCUT2D eigenvalue weighted by atomic mass is 32.1. The molecule has 108 valence electrons. The Morgan fingerprint density at radius 3 is 2.90 bits per heavy atom. The number of fused-ring (bicyclic) bond motifs is 1. The smallest absolute Gasteiger partial charge is 0.204 e. The van der Waals surface area contributed by atoms with Gasteiger partial charge in [-0.15, -0.1) is 12.6 Å². The highest BCUT2D eigenvalue weighted by molar-refractivity contribution is 7.83. The topological polar surface area (TPSA) is 102 Å². The molecule has 0 aromatic heterocycles. The van der Waals surface area contributed by atoms with E-state index < -0.39 is 4.99 Å². The number of nitrogens with one attached hydrogen (secondary N) is 1. The second-order valence-electron chi connectivity index (χ2n) is 4.66. The number of aromatic hydroxyl groups is 2. The van der Waals surface area contributed by atoms with Gasteiger partial charge in [0.1, 0.15) is 29.4 Å². The molecule has 0 spiro atoms. The molecule has 7 nitrogen and oxygen atoms in total. The Bertz CT molecular complexity index is 725. The normalized spacial score (nSPS) is 23.4. The zero-order valence-electron chi connectivity index (χ0n) is 11.1. The first-order valence-corrected chi connectivity index (χ1v) is 6.67. The van der Waals surface area contributed by atoms with E-state index in [4.69, 9.17) is 0 Å². The summed E-state index contributed by atoms with van der Waals surface area (Å²) in [5.74, 6) is 1.03. The van der Waals surface area contributed by atoms with Crippen LogP contribution in [0.25, 0.3) is 0 Å². The lowest BCUT2D eigenvalue weighted by Gasteiger charge is -2.28. The van der Waals surface area contributed by atoms with Crippen LogP contribution in [0.5, 0.6) is 11.5 Å². The number of rotatable bonds is 3. The van der Waals surface area contributed by atoms with Crippen molar-refractivity contribution in [2.75, 3.05) is 0 Å². The van der Waals surface area contributed by atoms with Gasteiger partial charge in [0, 0.05) is 18.2 Å². The second-order valence-corrected chi connectivity index (χ2v) is 5.30. The minimum atomic E-state index is -1.05. The fourth-order valence-corrected chi connectivity index (χ4v) is 2.48. The molecule has 1 unspecified atom stereocenters. The summed E-state index contributed by atoms with van der Waals surface area (Å²) in [4.78, 5) is 15.7. The summed E-state index contributed by atoms with van der Waals surface area (Å²) in [7, 11) is 0. The lowest BCUT2D eigenvalue weighted by Crippen LogP contribution is -2.50. The molecule has 0 amide bonds. The molecule has 0 saturated carbocycles. The number of hydrogen-bond acceptors (Lipinski definition) is 8. The number of nitrogens with zero attached hydrogens (tertiary/aromatic N) is 4. The monoisotopic (exact) mass is 303 g/mol. The van der Waals surface area contributed by atoms with E-state index in [0.29, 0.717) is 29.5 Å². The van der Waals surface area contributed by atoms with Crippen LogP contribution in [0.4, 0.5) is 0 Å². The van der Waals surface area contributed by atoms with E-state index in [1.165, 1.54) is 18.5 Å². The third-order valence-electron chi connectivity index (χ3n) is 3.09. The van der Waals surface area contributed by atoms with Crippen molar-refractivity contribution in [3.05, 3.63) is 23.8 Å². The molecule has 0 bridgehead atoms. The summed E-state index contributed by atoms with van der Waals surface area (Å²) in [6, 6.07) is 4.40. The molecule has 1 atom stereocenters. The van der Waals surface area contributed by atoms with Crippen LogP contribution in [0.2, 0.25) is 0 Å². The number of phenols is 2. The SMILES string of the molecule is CC1=NC(S)(NCc2ccc(O)cc2O)C2=NC=NC2=N1. The van der Waals surface area contributed by atoms with Crippen molar-refractivity contribution >= 4 is 36.4 Å². The average Bonchev–Trinajstić information content (AvgIpc) is 2.86. The Morgan fingerprint density at radius 2 is 2.14 bits per heavy atom. The molecular weight excluding hydrogens is 290 g/mol. The Morgan fingerprint density at radius 1 is 1.33 bits per heavy atom. The Hall–Kier alpha value is -2.19. The fourth-order valence-electron chi connectivity index (χ4n) is 2.10. The van der Waals surface area contributed by atoms with Crippen molar-refractivity contribution < 1.29 is 10.2 Å². The van der Waals surface area contributed by atoms with Gasteiger partial charge in [0.2, 0.25) is 4.99 Å². The van der Waals surface area contributed by atoms with E-state index in [1.807, 2.05) is 0 Å². The van der Waals surface area contributed by atoms with Crippen LogP contribution in [0.15, 0.2) is 38.2 Å². The fraction of sp³-hybridized carbons (Fsp3) is 0.231. The number of benzene rings is 1. The molecule has 0 saturated heterocycles. The largest absolute Gasteiger partial charge is 0.508 e. The van der Waals surface area contributed by atoms with Crippen molar-refractivity contribution in [2.45, 2.75) is 18.5 Å². The maximum Gasteiger partial charge on any atom is 0.204 e. The molecule has 0 fully saturated rings. The maximum absolute atomic E-state index is 9.80. The van der Waals surface area contributed by atoms with Crippen molar-refractivity contribution in [2.24, 2.45) is 20.0 Å². The number of phenolic OH excluding ortho intramolecular Hbond substituents is 2. The number of thiol groups is 1. The highest BCUT2D eigenvalue weighted by Gasteiger charge is 2.38. The van der Waals surface area contributed by atoms with Crippen molar-refractivity contribution in [3.63, 3.8) is 0 Å². The van der Waals surface area contributed by atoms with Gasteiger partial charge in [0.15, 0.2) is 5.84 Å². The molecule has 8 heteroatoms. The quantitative estimate of drug-likeness (QED) is 0.496.